The fourth-order valence-electron chi connectivity index (χ4n) is 10.3. The number of para-hydroxylation sites is 2. The molecule has 4 aromatic carbocycles. The van der Waals surface area contributed by atoms with Gasteiger partial charge in [-0.3, -0.25) is 24.1 Å². The van der Waals surface area contributed by atoms with Gasteiger partial charge in [-0.25, -0.2) is 0 Å². The summed E-state index contributed by atoms with van der Waals surface area (Å²) in [5.41, 5.74) is 2.54. The average Bonchev–Trinajstić information content (AvgIpc) is 3.97. The zero-order chi connectivity index (χ0) is 40.2. The van der Waals surface area contributed by atoms with Crippen molar-refractivity contribution in [2.24, 2.45) is 5.92 Å². The summed E-state index contributed by atoms with van der Waals surface area (Å²) < 4.78 is 25.7. The zero-order valence-electron chi connectivity index (χ0n) is 33.2. The number of aromatic nitrogens is 3. The molecule has 5 atom stereocenters. The second-order valence-corrected chi connectivity index (χ2v) is 20.5. The third-order valence-electron chi connectivity index (χ3n) is 13.1. The molecular formula is C45H50FN7O4Si. The van der Waals surface area contributed by atoms with Gasteiger partial charge in [0.2, 0.25) is 8.41 Å². The summed E-state index contributed by atoms with van der Waals surface area (Å²) in [7, 11) is -3.47. The molecule has 0 radical (unpaired) electrons. The molecular weight excluding hydrogens is 750 g/mol. The van der Waals surface area contributed by atoms with Crippen LogP contribution >= 0.6 is 0 Å². The molecule has 5 aromatic rings. The Labute approximate surface area is 339 Å². The normalized spacial score (nSPS) is 24.6. The fraction of sp³-hybridized carbons (Fsp3) is 0.378. The largest absolute Gasteiger partial charge is 0.395 e. The maximum Gasteiger partial charge on any atom is 0.268 e. The predicted molar refractivity (Wildman–Crippen MR) is 224 cm³/mol. The summed E-state index contributed by atoms with van der Waals surface area (Å²) in [6.07, 6.45) is 2.97. The van der Waals surface area contributed by atoms with Crippen molar-refractivity contribution >= 4 is 43.0 Å². The molecule has 9 rings (SSSR count). The number of halogens is 1. The number of carbonyl (C=O) groups excluding carboxylic acids is 2. The van der Waals surface area contributed by atoms with Gasteiger partial charge in [-0.1, -0.05) is 78.9 Å². The summed E-state index contributed by atoms with van der Waals surface area (Å²) in [5, 5.41) is 22.5. The number of piperidine rings is 1. The number of nitrogens with one attached hydrogen (secondary N) is 1. The molecule has 1 aromatic heterocycles. The maximum absolute atomic E-state index is 16.8. The molecule has 2 N–H and O–H groups in total. The number of aliphatic hydroxyl groups excluding tert-OH is 1. The van der Waals surface area contributed by atoms with E-state index in [9.17, 15) is 9.90 Å². The van der Waals surface area contributed by atoms with Gasteiger partial charge in [0.15, 0.2) is 5.60 Å². The molecule has 58 heavy (non-hydrogen) atoms. The van der Waals surface area contributed by atoms with Gasteiger partial charge in [-0.15, -0.1) is 5.10 Å². The Balaban J connectivity index is 1.09. The van der Waals surface area contributed by atoms with E-state index < -0.39 is 37.1 Å². The quantitative estimate of drug-likeness (QED) is 0.116. The van der Waals surface area contributed by atoms with Crippen molar-refractivity contribution in [1.29, 1.82) is 0 Å². The maximum atomic E-state index is 16.8. The number of aryl methyl sites for hydroxylation is 1. The van der Waals surface area contributed by atoms with E-state index in [-0.39, 0.29) is 24.3 Å². The van der Waals surface area contributed by atoms with Crippen LogP contribution in [0.1, 0.15) is 48.9 Å². The first-order chi connectivity index (χ1) is 28.1. The number of fused-ring (bicyclic) bond motifs is 2. The molecule has 300 valence electrons. The highest BCUT2D eigenvalue weighted by Gasteiger charge is 2.67. The predicted octanol–water partition coefficient (Wildman–Crippen LogP) is 6.88. The minimum Gasteiger partial charge on any atom is -0.395 e. The van der Waals surface area contributed by atoms with E-state index >= 15 is 8.90 Å². The van der Waals surface area contributed by atoms with Gasteiger partial charge in [0.25, 0.3) is 11.8 Å². The molecule has 3 fully saturated rings. The van der Waals surface area contributed by atoms with Gasteiger partial charge in [-0.05, 0) is 93.5 Å². The number of carbonyl (C=O) groups is 2. The van der Waals surface area contributed by atoms with Gasteiger partial charge in [-0.2, -0.15) is 0 Å². The van der Waals surface area contributed by atoms with Crippen LogP contribution in [0.3, 0.4) is 0 Å². The number of hydrogen-bond acceptors (Lipinski definition) is 8. The van der Waals surface area contributed by atoms with Crippen LogP contribution in [0.15, 0.2) is 115 Å². The lowest BCUT2D eigenvalue weighted by Crippen LogP contribution is -2.55. The van der Waals surface area contributed by atoms with Crippen LogP contribution in [0, 0.1) is 5.92 Å². The second kappa shape index (κ2) is 14.9. The number of benzene rings is 4. The Morgan fingerprint density at radius 1 is 0.897 bits per heavy atom. The van der Waals surface area contributed by atoms with Crippen molar-refractivity contribution in [3.8, 4) is 0 Å². The third-order valence-corrected chi connectivity index (χ3v) is 15.5. The van der Waals surface area contributed by atoms with Crippen molar-refractivity contribution in [2.75, 3.05) is 41.1 Å². The first-order valence-electron chi connectivity index (χ1n) is 20.4. The van der Waals surface area contributed by atoms with Crippen molar-refractivity contribution in [1.82, 2.24) is 20.3 Å². The number of nitrogens with zero attached hydrogens (tertiary/aromatic N) is 6. The lowest BCUT2D eigenvalue weighted by molar-refractivity contribution is -0.145. The third kappa shape index (κ3) is 6.17. The topological polar surface area (TPSA) is 116 Å². The zero-order valence-corrected chi connectivity index (χ0v) is 34.2. The molecule has 3 saturated heterocycles. The number of rotatable bonds is 10. The molecule has 2 spiro atoms. The van der Waals surface area contributed by atoms with Crippen molar-refractivity contribution in [3.05, 3.63) is 132 Å². The smallest absolute Gasteiger partial charge is 0.268 e. The SMILES string of the molecule is C[C@H]1[C@H]([Si](C)(C)F)[C@@H](CCn2cc(C(CO)c3ccccc3)nn2)O[C@]12C(=O)N(c1ccccc1)c1ccc(N3CN(c4ccccc4)C4(CCNCC4)C3=O)cc12. The van der Waals surface area contributed by atoms with Gasteiger partial charge < -0.3 is 24.2 Å². The molecule has 0 saturated carbocycles. The number of hydrogen-bond donors (Lipinski definition) is 2. The molecule has 4 aliphatic heterocycles. The highest BCUT2D eigenvalue weighted by Crippen LogP contribution is 2.62. The van der Waals surface area contributed by atoms with E-state index in [1.807, 2.05) is 115 Å². The number of anilines is 4. The fourth-order valence-corrected chi connectivity index (χ4v) is 12.8. The number of ether oxygens (including phenoxy) is 1. The first-order valence-corrected chi connectivity index (χ1v) is 23.3. The summed E-state index contributed by atoms with van der Waals surface area (Å²) >= 11 is 0. The van der Waals surface area contributed by atoms with Gasteiger partial charge in [0.1, 0.15) is 5.54 Å². The Hall–Kier alpha value is -5.21. The van der Waals surface area contributed by atoms with Crippen molar-refractivity contribution < 1.29 is 23.5 Å². The van der Waals surface area contributed by atoms with Crippen LogP contribution in [-0.4, -0.2) is 78.3 Å². The van der Waals surface area contributed by atoms with E-state index in [1.54, 1.807) is 22.7 Å². The minimum absolute atomic E-state index is 0.0347. The lowest BCUT2D eigenvalue weighted by atomic mass is 9.82. The second-order valence-electron chi connectivity index (χ2n) is 16.7. The van der Waals surface area contributed by atoms with Gasteiger partial charge in [0.05, 0.1) is 36.7 Å². The standard InChI is InChI=1S/C45H50FN7O4Si/c1-31-41(58(2,3)46)40(21-26-50-28-38(48-49-50)36(29-54)32-13-7-4-8-14-32)57-45(31)37-27-35(19-20-39(37)53(43(45)56)34-17-11-6-12-18-34)51-30-52(33-15-9-5-10-16-33)44(42(51)55)22-24-47-25-23-44/h4-20,27-28,31,36,40-41,47,54H,21-26,29-30H2,1-3H3/t31-,36?,40+,41-,45+/m0/s1. The van der Waals surface area contributed by atoms with E-state index in [2.05, 4.69) is 32.7 Å². The van der Waals surface area contributed by atoms with E-state index in [0.29, 0.717) is 60.8 Å². The molecule has 11 nitrogen and oxygen atoms in total. The molecule has 0 bridgehead atoms. The summed E-state index contributed by atoms with van der Waals surface area (Å²) in [6.45, 7) is 7.46. The molecule has 4 aliphatic rings. The highest BCUT2D eigenvalue weighted by atomic mass is 28.4. The van der Waals surface area contributed by atoms with Gasteiger partial charge >= 0.3 is 0 Å². The summed E-state index contributed by atoms with van der Waals surface area (Å²) in [6, 6.07) is 35.1. The monoisotopic (exact) mass is 799 g/mol. The van der Waals surface area contributed by atoms with E-state index in [1.165, 1.54) is 0 Å². The van der Waals surface area contributed by atoms with Crippen LogP contribution in [0.25, 0.3) is 0 Å². The molecule has 13 heteroatoms. The van der Waals surface area contributed by atoms with Crippen LogP contribution in [0.2, 0.25) is 18.6 Å². The first kappa shape index (κ1) is 38.3. The Morgan fingerprint density at radius 3 is 2.21 bits per heavy atom. The summed E-state index contributed by atoms with van der Waals surface area (Å²) in [5.74, 6) is -1.07. The minimum atomic E-state index is -3.47. The van der Waals surface area contributed by atoms with Crippen LogP contribution in [0.4, 0.5) is 26.9 Å². The van der Waals surface area contributed by atoms with Gasteiger partial charge in [0, 0.05) is 46.8 Å². The average molecular weight is 800 g/mol. The van der Waals surface area contributed by atoms with Crippen LogP contribution in [0.5, 0.6) is 0 Å². The van der Waals surface area contributed by atoms with Crippen molar-refractivity contribution in [3.63, 3.8) is 0 Å². The van der Waals surface area contributed by atoms with E-state index in [0.717, 1.165) is 24.3 Å². The summed E-state index contributed by atoms with van der Waals surface area (Å²) in [4.78, 5) is 35.8. The molecule has 0 aliphatic carbocycles. The number of aliphatic hydroxyl groups is 1. The van der Waals surface area contributed by atoms with Crippen LogP contribution in [-0.2, 0) is 26.5 Å². The molecule has 5 heterocycles. The number of amides is 2. The Morgan fingerprint density at radius 2 is 1.55 bits per heavy atom. The van der Waals surface area contributed by atoms with Crippen molar-refractivity contribution in [2.45, 2.75) is 74.5 Å². The van der Waals surface area contributed by atoms with Crippen LogP contribution < -0.4 is 20.0 Å². The Kier molecular flexibility index (Phi) is 9.82. The lowest BCUT2D eigenvalue weighted by Gasteiger charge is -2.39. The Bertz CT molecular complexity index is 2280. The highest BCUT2D eigenvalue weighted by molar-refractivity contribution is 6.72. The molecule has 1 unspecified atom stereocenters. The van der Waals surface area contributed by atoms with E-state index in [4.69, 9.17) is 4.74 Å². The molecule has 2 amide bonds.